The van der Waals surface area contributed by atoms with Gasteiger partial charge in [-0.2, -0.15) is 0 Å². The standard InChI is InChI=1S/C32H33N3O5S/c36-30(20-15-24-13-18-29(19-14-24)41(38,39)34-27-16-17-27)35(23-25-8-3-1-4-9-25)31(26-10-5-2-6-11-26)32(37)33-22-28-12-7-21-40-28/h1-14,18-19,21,27,31,34H,15-17,20,22-23H2,(H,33,37)/t31-/m0/s1. The molecule has 1 aliphatic carbocycles. The molecule has 1 atom stereocenters. The molecule has 0 saturated heterocycles. The molecule has 1 heterocycles. The number of amides is 2. The van der Waals surface area contributed by atoms with Gasteiger partial charge in [0.1, 0.15) is 11.8 Å². The molecule has 41 heavy (non-hydrogen) atoms. The maximum absolute atomic E-state index is 13.8. The zero-order valence-corrected chi connectivity index (χ0v) is 23.4. The third kappa shape index (κ3) is 7.71. The van der Waals surface area contributed by atoms with E-state index in [-0.39, 0.29) is 42.3 Å². The number of nitrogens with one attached hydrogen (secondary N) is 2. The molecule has 1 aromatic heterocycles. The van der Waals surface area contributed by atoms with Gasteiger partial charge in [0.05, 0.1) is 17.7 Å². The SMILES string of the molecule is O=C(NCc1ccco1)[C@H](c1ccccc1)N(Cc1ccccc1)C(=O)CCc1ccc(S(=O)(=O)NC2CC2)cc1. The Bertz CT molecular complexity index is 1540. The summed E-state index contributed by atoms with van der Waals surface area (Å²) in [5.74, 6) is 0.112. The molecule has 2 N–H and O–H groups in total. The van der Waals surface area contributed by atoms with Crippen molar-refractivity contribution < 1.29 is 22.4 Å². The summed E-state index contributed by atoms with van der Waals surface area (Å²) in [5.41, 5.74) is 2.44. The number of furan rings is 1. The fourth-order valence-corrected chi connectivity index (χ4v) is 5.92. The smallest absolute Gasteiger partial charge is 0.247 e. The first-order valence-corrected chi connectivity index (χ1v) is 15.2. The summed E-state index contributed by atoms with van der Waals surface area (Å²) in [7, 11) is -3.54. The maximum atomic E-state index is 13.8. The number of rotatable bonds is 13. The number of nitrogens with zero attached hydrogens (tertiary/aromatic N) is 1. The number of carbonyl (C=O) groups is 2. The number of hydrogen-bond donors (Lipinski definition) is 2. The second-order valence-corrected chi connectivity index (χ2v) is 11.9. The summed E-state index contributed by atoms with van der Waals surface area (Å²) in [6, 6.07) is 28.1. The van der Waals surface area contributed by atoms with Gasteiger partial charge in [-0.15, -0.1) is 0 Å². The monoisotopic (exact) mass is 571 g/mol. The van der Waals surface area contributed by atoms with E-state index in [1.807, 2.05) is 60.7 Å². The molecule has 8 nitrogen and oxygen atoms in total. The van der Waals surface area contributed by atoms with Crippen LogP contribution in [0.15, 0.2) is 113 Å². The second-order valence-electron chi connectivity index (χ2n) is 10.2. The molecule has 5 rings (SSSR count). The first kappa shape index (κ1) is 28.3. The Kier molecular flexibility index (Phi) is 8.96. The minimum atomic E-state index is -3.54. The molecule has 212 valence electrons. The van der Waals surface area contributed by atoms with Crippen molar-refractivity contribution in [3.8, 4) is 0 Å². The molecule has 1 aliphatic rings. The lowest BCUT2D eigenvalue weighted by molar-refractivity contribution is -0.141. The van der Waals surface area contributed by atoms with Gasteiger partial charge < -0.3 is 14.6 Å². The van der Waals surface area contributed by atoms with Crippen LogP contribution in [-0.4, -0.2) is 31.2 Å². The minimum absolute atomic E-state index is 0.0294. The molecule has 0 unspecified atom stereocenters. The lowest BCUT2D eigenvalue weighted by Gasteiger charge is -2.31. The molecule has 4 aromatic rings. The molecule has 0 spiro atoms. The Labute approximate surface area is 240 Å². The normalized spacial score (nSPS) is 13.9. The second kappa shape index (κ2) is 13.0. The summed E-state index contributed by atoms with van der Waals surface area (Å²) >= 11 is 0. The van der Waals surface area contributed by atoms with Crippen molar-refractivity contribution in [2.24, 2.45) is 0 Å². The fourth-order valence-electron chi connectivity index (χ4n) is 4.61. The minimum Gasteiger partial charge on any atom is -0.467 e. The topological polar surface area (TPSA) is 109 Å². The lowest BCUT2D eigenvalue weighted by atomic mass is 10.0. The number of aryl methyl sites for hydroxylation is 1. The highest BCUT2D eigenvalue weighted by atomic mass is 32.2. The molecular formula is C32H33N3O5S. The van der Waals surface area contributed by atoms with E-state index in [2.05, 4.69) is 10.0 Å². The zero-order valence-electron chi connectivity index (χ0n) is 22.6. The van der Waals surface area contributed by atoms with Crippen LogP contribution in [-0.2, 0) is 39.1 Å². The van der Waals surface area contributed by atoms with Crippen LogP contribution in [0, 0.1) is 0 Å². The van der Waals surface area contributed by atoms with E-state index in [0.717, 1.165) is 24.0 Å². The Balaban J connectivity index is 1.35. The molecule has 2 amide bonds. The van der Waals surface area contributed by atoms with Gasteiger partial charge >= 0.3 is 0 Å². The maximum Gasteiger partial charge on any atom is 0.247 e. The van der Waals surface area contributed by atoms with Gasteiger partial charge in [-0.25, -0.2) is 13.1 Å². The van der Waals surface area contributed by atoms with Crippen molar-refractivity contribution in [1.82, 2.24) is 14.9 Å². The third-order valence-electron chi connectivity index (χ3n) is 6.97. The van der Waals surface area contributed by atoms with Crippen molar-refractivity contribution in [1.29, 1.82) is 0 Å². The van der Waals surface area contributed by atoms with Crippen molar-refractivity contribution in [2.75, 3.05) is 0 Å². The Morgan fingerprint density at radius 2 is 1.54 bits per heavy atom. The van der Waals surface area contributed by atoms with Crippen molar-refractivity contribution in [2.45, 2.75) is 55.8 Å². The molecule has 3 aromatic carbocycles. The first-order valence-electron chi connectivity index (χ1n) is 13.7. The van der Waals surface area contributed by atoms with E-state index in [9.17, 15) is 18.0 Å². The Hall–Kier alpha value is -4.21. The van der Waals surface area contributed by atoms with Crippen LogP contribution in [0.3, 0.4) is 0 Å². The van der Waals surface area contributed by atoms with Crippen molar-refractivity contribution >= 4 is 21.8 Å². The molecule has 9 heteroatoms. The van der Waals surface area contributed by atoms with E-state index in [1.54, 1.807) is 47.6 Å². The van der Waals surface area contributed by atoms with E-state index in [0.29, 0.717) is 17.7 Å². The van der Waals surface area contributed by atoms with E-state index in [4.69, 9.17) is 4.42 Å². The Morgan fingerprint density at radius 3 is 2.17 bits per heavy atom. The van der Waals surface area contributed by atoms with Crippen LogP contribution in [0.5, 0.6) is 0 Å². The van der Waals surface area contributed by atoms with E-state index in [1.165, 1.54) is 0 Å². The summed E-state index contributed by atoms with van der Waals surface area (Å²) in [4.78, 5) is 29.3. The molecule has 0 bridgehead atoms. The van der Waals surface area contributed by atoms with Gasteiger partial charge in [0.2, 0.25) is 21.8 Å². The summed E-state index contributed by atoms with van der Waals surface area (Å²) < 4.78 is 33.1. The van der Waals surface area contributed by atoms with Gasteiger partial charge in [-0.1, -0.05) is 72.8 Å². The fraction of sp³-hybridized carbons (Fsp3) is 0.250. The molecule has 1 fully saturated rings. The third-order valence-corrected chi connectivity index (χ3v) is 8.51. The van der Waals surface area contributed by atoms with Gasteiger partial charge in [-0.3, -0.25) is 9.59 Å². The quantitative estimate of drug-likeness (QED) is 0.241. The molecule has 0 aliphatic heterocycles. The molecular weight excluding hydrogens is 538 g/mol. The van der Waals surface area contributed by atoms with Crippen molar-refractivity contribution in [3.05, 3.63) is 126 Å². The highest BCUT2D eigenvalue weighted by Gasteiger charge is 2.32. The van der Waals surface area contributed by atoms with Crippen LogP contribution in [0.1, 0.15) is 47.8 Å². The highest BCUT2D eigenvalue weighted by Crippen LogP contribution is 2.26. The van der Waals surface area contributed by atoms with E-state index >= 15 is 0 Å². The van der Waals surface area contributed by atoms with Crippen LogP contribution >= 0.6 is 0 Å². The molecule has 1 saturated carbocycles. The summed E-state index contributed by atoms with van der Waals surface area (Å²) in [6.07, 6.45) is 3.82. The summed E-state index contributed by atoms with van der Waals surface area (Å²) in [5, 5.41) is 2.93. The molecule has 0 radical (unpaired) electrons. The van der Waals surface area contributed by atoms with Crippen LogP contribution in [0.25, 0.3) is 0 Å². The predicted molar refractivity (Wildman–Crippen MR) is 155 cm³/mol. The average molecular weight is 572 g/mol. The summed E-state index contributed by atoms with van der Waals surface area (Å²) in [6.45, 7) is 0.449. The highest BCUT2D eigenvalue weighted by molar-refractivity contribution is 7.89. The number of benzene rings is 3. The van der Waals surface area contributed by atoms with Gasteiger partial charge in [-0.05, 0) is 60.2 Å². The number of carbonyl (C=O) groups excluding carboxylic acids is 2. The zero-order chi connectivity index (χ0) is 28.7. The van der Waals surface area contributed by atoms with Crippen LogP contribution in [0.4, 0.5) is 0 Å². The lowest BCUT2D eigenvalue weighted by Crippen LogP contribution is -2.43. The average Bonchev–Trinajstić information content (AvgIpc) is 3.63. The van der Waals surface area contributed by atoms with Gasteiger partial charge in [0.25, 0.3) is 0 Å². The Morgan fingerprint density at radius 1 is 0.854 bits per heavy atom. The number of sulfonamides is 1. The first-order chi connectivity index (χ1) is 19.9. The van der Waals surface area contributed by atoms with Crippen LogP contribution in [0.2, 0.25) is 0 Å². The van der Waals surface area contributed by atoms with Crippen LogP contribution < -0.4 is 10.0 Å². The van der Waals surface area contributed by atoms with Crippen molar-refractivity contribution in [3.63, 3.8) is 0 Å². The van der Waals surface area contributed by atoms with Gasteiger partial charge in [0, 0.05) is 19.0 Å². The van der Waals surface area contributed by atoms with Gasteiger partial charge in [0.15, 0.2) is 0 Å². The number of hydrogen-bond acceptors (Lipinski definition) is 5. The predicted octanol–water partition coefficient (Wildman–Crippen LogP) is 4.74. The van der Waals surface area contributed by atoms with E-state index < -0.39 is 16.1 Å². The largest absolute Gasteiger partial charge is 0.467 e.